The maximum absolute atomic E-state index is 9.84. The second-order valence-electron chi connectivity index (χ2n) is 4.89. The van der Waals surface area contributed by atoms with Crippen molar-refractivity contribution in [2.45, 2.75) is 44.4 Å². The molecule has 2 aliphatic rings. The second-order valence-corrected chi connectivity index (χ2v) is 4.89. The number of aliphatic hydroxyl groups is 1. The van der Waals surface area contributed by atoms with Crippen molar-refractivity contribution in [2.75, 3.05) is 26.7 Å². The van der Waals surface area contributed by atoms with E-state index < -0.39 is 0 Å². The molecule has 1 saturated heterocycles. The Hall–Kier alpha value is -0.120. The minimum Gasteiger partial charge on any atom is -0.391 e. The normalized spacial score (nSPS) is 41.8. The van der Waals surface area contributed by atoms with E-state index in [2.05, 4.69) is 23.8 Å². The Morgan fingerprint density at radius 2 is 2.00 bits per heavy atom. The van der Waals surface area contributed by atoms with Crippen molar-refractivity contribution < 1.29 is 5.11 Å². The van der Waals surface area contributed by atoms with Gasteiger partial charge in [0.15, 0.2) is 0 Å². The van der Waals surface area contributed by atoms with E-state index in [1.165, 1.54) is 12.8 Å². The Morgan fingerprint density at radius 3 is 2.57 bits per heavy atom. The van der Waals surface area contributed by atoms with Gasteiger partial charge < -0.3 is 10.0 Å². The largest absolute Gasteiger partial charge is 0.391 e. The van der Waals surface area contributed by atoms with E-state index in [0.717, 1.165) is 26.1 Å². The van der Waals surface area contributed by atoms with Crippen LogP contribution >= 0.6 is 0 Å². The van der Waals surface area contributed by atoms with Crippen LogP contribution in [0.2, 0.25) is 0 Å². The summed E-state index contributed by atoms with van der Waals surface area (Å²) in [7, 11) is 2.19. The first-order chi connectivity index (χ1) is 6.68. The summed E-state index contributed by atoms with van der Waals surface area (Å²) in [5.74, 6) is 0. The van der Waals surface area contributed by atoms with Crippen LogP contribution < -0.4 is 0 Å². The van der Waals surface area contributed by atoms with E-state index in [1.807, 2.05) is 0 Å². The first-order valence-electron chi connectivity index (χ1n) is 5.81. The van der Waals surface area contributed by atoms with Crippen molar-refractivity contribution in [1.29, 1.82) is 0 Å². The van der Waals surface area contributed by atoms with Crippen LogP contribution in [0.25, 0.3) is 0 Å². The fourth-order valence-corrected chi connectivity index (χ4v) is 2.72. The number of likely N-dealkylation sites (N-methyl/N-ethyl adjacent to an activating group) is 1. The molecular weight excluding hydrogens is 176 g/mol. The van der Waals surface area contributed by atoms with Crippen molar-refractivity contribution in [3.05, 3.63) is 0 Å². The van der Waals surface area contributed by atoms with Crippen LogP contribution in [0.3, 0.4) is 0 Å². The zero-order valence-corrected chi connectivity index (χ0v) is 9.32. The van der Waals surface area contributed by atoms with Gasteiger partial charge in [-0.15, -0.1) is 0 Å². The molecule has 1 aliphatic carbocycles. The summed E-state index contributed by atoms with van der Waals surface area (Å²) in [5.41, 5.74) is 0. The predicted octanol–water partition coefficient (Wildman–Crippen LogP) is 0.536. The van der Waals surface area contributed by atoms with Crippen LogP contribution in [-0.2, 0) is 0 Å². The molecule has 0 bridgehead atoms. The van der Waals surface area contributed by atoms with Crippen molar-refractivity contribution in [3.63, 3.8) is 0 Å². The van der Waals surface area contributed by atoms with Gasteiger partial charge in [0, 0.05) is 31.7 Å². The van der Waals surface area contributed by atoms with E-state index in [9.17, 15) is 5.11 Å². The van der Waals surface area contributed by atoms with E-state index in [4.69, 9.17) is 0 Å². The molecule has 0 aromatic carbocycles. The van der Waals surface area contributed by atoms with Gasteiger partial charge in [0.25, 0.3) is 0 Å². The third-order valence-corrected chi connectivity index (χ3v) is 3.90. The minimum atomic E-state index is -0.0643. The maximum atomic E-state index is 9.84. The molecular formula is C11H22N2O. The fourth-order valence-electron chi connectivity index (χ4n) is 2.72. The standard InChI is InChI=1S/C11H22N2O/c1-9-8-13(7-6-12(9)2)10-4-3-5-11(10)14/h9-11,14H,3-8H2,1-2H3. The van der Waals surface area contributed by atoms with Gasteiger partial charge in [0.2, 0.25) is 0 Å². The molecule has 0 aromatic rings. The summed E-state index contributed by atoms with van der Waals surface area (Å²) in [4.78, 5) is 4.89. The van der Waals surface area contributed by atoms with Gasteiger partial charge in [-0.2, -0.15) is 0 Å². The highest BCUT2D eigenvalue weighted by Gasteiger charge is 2.33. The summed E-state index contributed by atoms with van der Waals surface area (Å²) >= 11 is 0. The molecule has 3 heteroatoms. The van der Waals surface area contributed by atoms with E-state index in [1.54, 1.807) is 0 Å². The maximum Gasteiger partial charge on any atom is 0.0695 e. The third-order valence-electron chi connectivity index (χ3n) is 3.90. The number of hydrogen-bond donors (Lipinski definition) is 1. The van der Waals surface area contributed by atoms with E-state index >= 15 is 0 Å². The van der Waals surface area contributed by atoms with Gasteiger partial charge >= 0.3 is 0 Å². The lowest BCUT2D eigenvalue weighted by atomic mass is 10.1. The molecule has 14 heavy (non-hydrogen) atoms. The molecule has 1 heterocycles. The van der Waals surface area contributed by atoms with Crippen molar-refractivity contribution in [2.24, 2.45) is 0 Å². The molecule has 1 saturated carbocycles. The summed E-state index contributed by atoms with van der Waals surface area (Å²) in [5, 5.41) is 9.84. The minimum absolute atomic E-state index is 0.0643. The highest BCUT2D eigenvalue weighted by molar-refractivity contribution is 4.89. The van der Waals surface area contributed by atoms with Crippen LogP contribution in [0.15, 0.2) is 0 Å². The smallest absolute Gasteiger partial charge is 0.0695 e. The first-order valence-corrected chi connectivity index (χ1v) is 5.81. The van der Waals surface area contributed by atoms with Crippen LogP contribution in [0.1, 0.15) is 26.2 Å². The topological polar surface area (TPSA) is 26.7 Å². The molecule has 3 atom stereocenters. The van der Waals surface area contributed by atoms with E-state index in [0.29, 0.717) is 12.1 Å². The van der Waals surface area contributed by atoms with Crippen LogP contribution in [0.4, 0.5) is 0 Å². The van der Waals surface area contributed by atoms with Gasteiger partial charge in [0.05, 0.1) is 6.10 Å². The molecule has 2 fully saturated rings. The first kappa shape index (κ1) is 10.4. The van der Waals surface area contributed by atoms with Crippen molar-refractivity contribution in [3.8, 4) is 0 Å². The summed E-state index contributed by atoms with van der Waals surface area (Å²) in [6.45, 7) is 5.67. The van der Waals surface area contributed by atoms with Crippen molar-refractivity contribution >= 4 is 0 Å². The Bertz CT molecular complexity index is 198. The zero-order valence-electron chi connectivity index (χ0n) is 9.32. The molecule has 2 rings (SSSR count). The third kappa shape index (κ3) is 1.95. The monoisotopic (exact) mass is 198 g/mol. The van der Waals surface area contributed by atoms with Gasteiger partial charge in [-0.05, 0) is 33.2 Å². The number of piperazine rings is 1. The Morgan fingerprint density at radius 1 is 1.21 bits per heavy atom. The van der Waals surface area contributed by atoms with E-state index in [-0.39, 0.29) is 6.10 Å². The molecule has 0 amide bonds. The number of rotatable bonds is 1. The molecule has 0 spiro atoms. The highest BCUT2D eigenvalue weighted by atomic mass is 16.3. The predicted molar refractivity (Wildman–Crippen MR) is 57.3 cm³/mol. The number of nitrogens with zero attached hydrogens (tertiary/aromatic N) is 2. The average Bonchev–Trinajstić information content (AvgIpc) is 2.57. The Labute approximate surface area is 86.7 Å². The fraction of sp³-hybridized carbons (Fsp3) is 1.00. The molecule has 1 aliphatic heterocycles. The SMILES string of the molecule is CC1CN(C2CCCC2O)CCN1C. The number of aliphatic hydroxyl groups excluding tert-OH is 1. The lowest BCUT2D eigenvalue weighted by molar-refractivity contribution is 0.0218. The van der Waals surface area contributed by atoms with Crippen LogP contribution in [-0.4, -0.2) is 59.8 Å². The van der Waals surface area contributed by atoms with Crippen molar-refractivity contribution in [1.82, 2.24) is 9.80 Å². The van der Waals surface area contributed by atoms with Crippen LogP contribution in [0.5, 0.6) is 0 Å². The van der Waals surface area contributed by atoms with Crippen LogP contribution in [0, 0.1) is 0 Å². The summed E-state index contributed by atoms with van der Waals surface area (Å²) in [6, 6.07) is 1.09. The molecule has 0 radical (unpaired) electrons. The highest BCUT2D eigenvalue weighted by Crippen LogP contribution is 2.25. The lowest BCUT2D eigenvalue weighted by Crippen LogP contribution is -2.55. The van der Waals surface area contributed by atoms with Gasteiger partial charge in [0.1, 0.15) is 0 Å². The Balaban J connectivity index is 1.92. The summed E-state index contributed by atoms with van der Waals surface area (Å²) in [6.07, 6.45) is 3.33. The Kier molecular flexibility index (Phi) is 3.10. The number of hydrogen-bond acceptors (Lipinski definition) is 3. The second kappa shape index (κ2) is 4.17. The van der Waals surface area contributed by atoms with Gasteiger partial charge in [-0.1, -0.05) is 0 Å². The molecule has 3 unspecified atom stereocenters. The molecule has 3 nitrogen and oxygen atoms in total. The molecule has 0 aromatic heterocycles. The van der Waals surface area contributed by atoms with Gasteiger partial charge in [-0.3, -0.25) is 4.90 Å². The molecule has 82 valence electrons. The molecule has 1 N–H and O–H groups in total. The lowest BCUT2D eigenvalue weighted by Gasteiger charge is -2.41. The van der Waals surface area contributed by atoms with Gasteiger partial charge in [-0.25, -0.2) is 0 Å². The summed E-state index contributed by atoms with van der Waals surface area (Å²) < 4.78 is 0. The quantitative estimate of drug-likeness (QED) is 0.666. The zero-order chi connectivity index (χ0) is 10.1. The average molecular weight is 198 g/mol.